The van der Waals surface area contributed by atoms with Crippen LogP contribution < -0.4 is 5.32 Å². The lowest BCUT2D eigenvalue weighted by molar-refractivity contribution is -0.125. The first-order valence-corrected chi connectivity index (χ1v) is 8.13. The molecule has 1 amide bonds. The lowest BCUT2D eigenvalue weighted by atomic mass is 9.98. The van der Waals surface area contributed by atoms with Gasteiger partial charge < -0.3 is 10.1 Å². The second-order valence-electron chi connectivity index (χ2n) is 4.98. The molecule has 0 saturated carbocycles. The van der Waals surface area contributed by atoms with Gasteiger partial charge in [0.2, 0.25) is 0 Å². The molecule has 2 aromatic carbocycles. The Morgan fingerprint density at radius 2 is 2.05 bits per heavy atom. The number of rotatable bonds is 3. The summed E-state index contributed by atoms with van der Waals surface area (Å²) in [6.07, 6.45) is 1.58. The van der Waals surface area contributed by atoms with Crippen LogP contribution in [0.3, 0.4) is 0 Å². The summed E-state index contributed by atoms with van der Waals surface area (Å²) < 4.78 is 5.25. The minimum Gasteiger partial charge on any atom is -0.448 e. The van der Waals surface area contributed by atoms with E-state index >= 15 is 0 Å². The van der Waals surface area contributed by atoms with Gasteiger partial charge in [0.25, 0.3) is 5.91 Å². The van der Waals surface area contributed by atoms with Crippen LogP contribution in [0.25, 0.3) is 0 Å². The number of amides is 1. The van der Waals surface area contributed by atoms with Crippen LogP contribution in [0, 0.1) is 0 Å². The Morgan fingerprint density at radius 1 is 1.23 bits per heavy atom. The van der Waals surface area contributed by atoms with Crippen LogP contribution in [-0.2, 0) is 16.0 Å². The third-order valence-corrected chi connectivity index (χ3v) is 4.25. The lowest BCUT2D eigenvalue weighted by Gasteiger charge is -2.23. The number of hydrogen-bond acceptors (Lipinski definition) is 4. The Hall–Kier alpha value is -2.27. The topological polar surface area (TPSA) is 55.4 Å². The van der Waals surface area contributed by atoms with E-state index in [2.05, 4.69) is 5.32 Å². The molecule has 5 heteroatoms. The highest BCUT2D eigenvalue weighted by molar-refractivity contribution is 7.98. The number of thioether (sulfide) groups is 1. The monoisotopic (exact) mass is 313 g/mol. The van der Waals surface area contributed by atoms with Crippen molar-refractivity contribution < 1.29 is 14.3 Å². The molecule has 3 rings (SSSR count). The van der Waals surface area contributed by atoms with Crippen LogP contribution >= 0.6 is 11.8 Å². The van der Waals surface area contributed by atoms with Crippen LogP contribution in [0.4, 0.5) is 5.69 Å². The molecule has 0 unspecified atom stereocenters. The fourth-order valence-electron chi connectivity index (χ4n) is 2.40. The average Bonchev–Trinajstić information content (AvgIpc) is 2.55. The number of carbonyl (C=O) groups excluding carboxylic acids is 2. The van der Waals surface area contributed by atoms with E-state index in [1.807, 2.05) is 42.7 Å². The van der Waals surface area contributed by atoms with Gasteiger partial charge in [0.15, 0.2) is 6.10 Å². The largest absolute Gasteiger partial charge is 0.448 e. The molecule has 0 aliphatic carbocycles. The van der Waals surface area contributed by atoms with E-state index in [0.29, 0.717) is 17.7 Å². The number of ether oxygens (including phenoxy) is 1. The highest BCUT2D eigenvalue weighted by Gasteiger charge is 2.31. The molecule has 112 valence electrons. The van der Waals surface area contributed by atoms with E-state index in [9.17, 15) is 9.59 Å². The van der Waals surface area contributed by atoms with Gasteiger partial charge >= 0.3 is 5.97 Å². The van der Waals surface area contributed by atoms with E-state index in [1.54, 1.807) is 23.9 Å². The van der Waals surface area contributed by atoms with Gasteiger partial charge in [0, 0.05) is 17.0 Å². The molecule has 0 spiro atoms. The van der Waals surface area contributed by atoms with Crippen molar-refractivity contribution in [2.24, 2.45) is 0 Å². The normalized spacial score (nSPS) is 16.6. The number of hydrogen-bond donors (Lipinski definition) is 1. The van der Waals surface area contributed by atoms with Crippen molar-refractivity contribution in [3.05, 3.63) is 59.7 Å². The summed E-state index contributed by atoms with van der Waals surface area (Å²) >= 11 is 1.60. The molecular weight excluding hydrogens is 298 g/mol. The summed E-state index contributed by atoms with van der Waals surface area (Å²) in [5.74, 6) is -0.749. The first-order chi connectivity index (χ1) is 10.7. The van der Waals surface area contributed by atoms with Crippen LogP contribution in [0.5, 0.6) is 0 Å². The number of fused-ring (bicyclic) bond motifs is 1. The number of nitrogens with one attached hydrogen (secondary N) is 1. The van der Waals surface area contributed by atoms with Gasteiger partial charge in [-0.15, -0.1) is 11.8 Å². The van der Waals surface area contributed by atoms with Gasteiger partial charge in [-0.05, 0) is 36.1 Å². The Balaban J connectivity index is 1.75. The van der Waals surface area contributed by atoms with E-state index in [4.69, 9.17) is 4.74 Å². The molecule has 2 aromatic rings. The number of esters is 1. The van der Waals surface area contributed by atoms with E-state index < -0.39 is 12.1 Å². The first kappa shape index (κ1) is 14.7. The summed E-state index contributed by atoms with van der Waals surface area (Å²) in [5.41, 5.74) is 2.08. The van der Waals surface area contributed by atoms with Gasteiger partial charge in [0.05, 0.1) is 5.56 Å². The van der Waals surface area contributed by atoms with Crippen LogP contribution in [-0.4, -0.2) is 24.2 Å². The van der Waals surface area contributed by atoms with Crippen molar-refractivity contribution in [2.45, 2.75) is 17.4 Å². The van der Waals surface area contributed by atoms with Crippen molar-refractivity contribution in [1.82, 2.24) is 0 Å². The number of benzene rings is 2. The maximum absolute atomic E-state index is 12.3. The molecule has 0 radical (unpaired) electrons. The van der Waals surface area contributed by atoms with Crippen molar-refractivity contribution in [3.8, 4) is 0 Å². The lowest BCUT2D eigenvalue weighted by Crippen LogP contribution is -2.37. The maximum Gasteiger partial charge on any atom is 0.339 e. The van der Waals surface area contributed by atoms with Gasteiger partial charge in [-0.3, -0.25) is 4.79 Å². The third-order valence-electron chi connectivity index (χ3n) is 3.52. The predicted molar refractivity (Wildman–Crippen MR) is 86.2 cm³/mol. The molecule has 0 bridgehead atoms. The van der Waals surface area contributed by atoms with Crippen molar-refractivity contribution in [3.63, 3.8) is 0 Å². The molecule has 1 atom stereocenters. The number of anilines is 1. The highest BCUT2D eigenvalue weighted by atomic mass is 32.2. The molecule has 0 saturated heterocycles. The van der Waals surface area contributed by atoms with Crippen molar-refractivity contribution >= 4 is 29.3 Å². The first-order valence-electron chi connectivity index (χ1n) is 6.91. The molecule has 4 nitrogen and oxygen atoms in total. The zero-order valence-electron chi connectivity index (χ0n) is 12.0. The zero-order chi connectivity index (χ0) is 15.5. The second-order valence-corrected chi connectivity index (χ2v) is 5.86. The molecule has 1 heterocycles. The molecule has 22 heavy (non-hydrogen) atoms. The van der Waals surface area contributed by atoms with Crippen LogP contribution in [0.2, 0.25) is 0 Å². The summed E-state index contributed by atoms with van der Waals surface area (Å²) in [4.78, 5) is 25.3. The van der Waals surface area contributed by atoms with E-state index in [0.717, 1.165) is 10.5 Å². The standard InChI is InChI=1S/C17H15NO3S/c1-22-13-7-4-6-12(10-13)18-16(19)15-9-11-5-2-3-8-14(11)17(20)21-15/h2-8,10,15H,9H2,1H3,(H,18,19)/t15-/m0/s1. The molecule has 0 aromatic heterocycles. The molecule has 0 fully saturated rings. The van der Waals surface area contributed by atoms with Crippen molar-refractivity contribution in [2.75, 3.05) is 11.6 Å². The summed E-state index contributed by atoms with van der Waals surface area (Å²) in [7, 11) is 0. The molecule has 1 aliphatic rings. The molecular formula is C17H15NO3S. The Bertz CT molecular complexity index is 729. The number of carbonyl (C=O) groups is 2. The summed E-state index contributed by atoms with van der Waals surface area (Å²) in [6.45, 7) is 0. The predicted octanol–water partition coefficient (Wildman–Crippen LogP) is 3.13. The number of cyclic esters (lactones) is 1. The zero-order valence-corrected chi connectivity index (χ0v) is 12.9. The van der Waals surface area contributed by atoms with Crippen LogP contribution in [0.1, 0.15) is 15.9 Å². The molecule has 1 N–H and O–H groups in total. The molecule has 1 aliphatic heterocycles. The smallest absolute Gasteiger partial charge is 0.339 e. The van der Waals surface area contributed by atoms with Gasteiger partial charge in [-0.2, -0.15) is 0 Å². The Labute approximate surface area is 132 Å². The summed E-state index contributed by atoms with van der Waals surface area (Å²) in [6, 6.07) is 14.8. The quantitative estimate of drug-likeness (QED) is 0.699. The van der Waals surface area contributed by atoms with Crippen LogP contribution in [0.15, 0.2) is 53.4 Å². The van der Waals surface area contributed by atoms with E-state index in [-0.39, 0.29) is 5.91 Å². The third kappa shape index (κ3) is 2.99. The maximum atomic E-state index is 12.3. The minimum atomic E-state index is -0.791. The van der Waals surface area contributed by atoms with E-state index in [1.165, 1.54) is 0 Å². The Kier molecular flexibility index (Phi) is 4.15. The second kappa shape index (κ2) is 6.23. The SMILES string of the molecule is CSc1cccc(NC(=O)[C@@H]2Cc3ccccc3C(=O)O2)c1. The minimum absolute atomic E-state index is 0.305. The van der Waals surface area contributed by atoms with Crippen molar-refractivity contribution in [1.29, 1.82) is 0 Å². The fourth-order valence-corrected chi connectivity index (χ4v) is 2.86. The van der Waals surface area contributed by atoms with Gasteiger partial charge in [-0.25, -0.2) is 4.79 Å². The van der Waals surface area contributed by atoms with Gasteiger partial charge in [0.1, 0.15) is 0 Å². The fraction of sp³-hybridized carbons (Fsp3) is 0.176. The Morgan fingerprint density at radius 3 is 2.86 bits per heavy atom. The highest BCUT2D eigenvalue weighted by Crippen LogP contribution is 2.23. The average molecular weight is 313 g/mol. The van der Waals surface area contributed by atoms with Gasteiger partial charge in [-0.1, -0.05) is 24.3 Å². The summed E-state index contributed by atoms with van der Waals surface area (Å²) in [5, 5.41) is 2.81.